The fourth-order valence-corrected chi connectivity index (χ4v) is 1.57. The highest BCUT2D eigenvalue weighted by Gasteiger charge is 2.12. The number of aryl methyl sites for hydroxylation is 1. The van der Waals surface area contributed by atoms with Crippen molar-refractivity contribution < 1.29 is 14.7 Å². The molecule has 0 fully saturated rings. The van der Waals surface area contributed by atoms with Crippen LogP contribution in [-0.2, 0) is 23.1 Å². The summed E-state index contributed by atoms with van der Waals surface area (Å²) < 4.78 is 1.60. The van der Waals surface area contributed by atoms with Gasteiger partial charge in [0.1, 0.15) is 6.33 Å². The molecule has 0 saturated carbocycles. The van der Waals surface area contributed by atoms with E-state index in [1.807, 2.05) is 0 Å². The summed E-state index contributed by atoms with van der Waals surface area (Å²) in [5.74, 6) is -0.500. The first-order valence-electron chi connectivity index (χ1n) is 5.80. The van der Waals surface area contributed by atoms with Crippen molar-refractivity contribution in [3.8, 4) is 0 Å². The molecular weight excluding hydrogens is 236 g/mol. The second-order valence-electron chi connectivity index (χ2n) is 4.34. The van der Waals surface area contributed by atoms with Crippen LogP contribution in [0.5, 0.6) is 0 Å². The Morgan fingerprint density at radius 1 is 1.50 bits per heavy atom. The average Bonchev–Trinajstić information content (AvgIpc) is 2.62. The van der Waals surface area contributed by atoms with Gasteiger partial charge in [-0.25, -0.2) is 4.98 Å². The summed E-state index contributed by atoms with van der Waals surface area (Å²) in [5, 5.41) is 15.4. The molecule has 0 saturated heterocycles. The highest BCUT2D eigenvalue weighted by molar-refractivity contribution is 5.77. The molecule has 100 valence electrons. The summed E-state index contributed by atoms with van der Waals surface area (Å²) in [6, 6.07) is 0. The standard InChI is InChI=1S/C11H18N4O3/c1-8(6-11(17)18)5-10(16)12-4-3-9-13-7-15(2)14-9/h7-8H,3-6H2,1-2H3,(H,12,16)(H,17,18). The van der Waals surface area contributed by atoms with Gasteiger partial charge in [-0.3, -0.25) is 14.3 Å². The maximum Gasteiger partial charge on any atom is 0.303 e. The Morgan fingerprint density at radius 2 is 2.22 bits per heavy atom. The lowest BCUT2D eigenvalue weighted by atomic mass is 10.0. The smallest absolute Gasteiger partial charge is 0.303 e. The molecule has 0 aliphatic rings. The highest BCUT2D eigenvalue weighted by atomic mass is 16.4. The van der Waals surface area contributed by atoms with E-state index in [0.29, 0.717) is 18.8 Å². The van der Waals surface area contributed by atoms with Crippen LogP contribution in [0.4, 0.5) is 0 Å². The van der Waals surface area contributed by atoms with Gasteiger partial charge >= 0.3 is 5.97 Å². The summed E-state index contributed by atoms with van der Waals surface area (Å²) in [7, 11) is 1.78. The lowest BCUT2D eigenvalue weighted by Gasteiger charge is -2.08. The highest BCUT2D eigenvalue weighted by Crippen LogP contribution is 2.06. The van der Waals surface area contributed by atoms with Crippen LogP contribution >= 0.6 is 0 Å². The Labute approximate surface area is 105 Å². The van der Waals surface area contributed by atoms with Gasteiger partial charge in [0.2, 0.25) is 5.91 Å². The number of hydrogen-bond donors (Lipinski definition) is 2. The summed E-state index contributed by atoms with van der Waals surface area (Å²) in [6.45, 7) is 2.21. The van der Waals surface area contributed by atoms with Gasteiger partial charge in [-0.1, -0.05) is 6.92 Å². The van der Waals surface area contributed by atoms with E-state index in [0.717, 1.165) is 0 Å². The molecule has 1 aromatic heterocycles. The van der Waals surface area contributed by atoms with E-state index in [2.05, 4.69) is 15.4 Å². The van der Waals surface area contributed by atoms with Crippen molar-refractivity contribution in [2.45, 2.75) is 26.2 Å². The number of carboxylic acids is 1. The summed E-state index contributed by atoms with van der Waals surface area (Å²) in [4.78, 5) is 26.0. The maximum atomic E-state index is 11.5. The average molecular weight is 254 g/mol. The van der Waals surface area contributed by atoms with E-state index in [4.69, 9.17) is 5.11 Å². The van der Waals surface area contributed by atoms with E-state index in [1.165, 1.54) is 0 Å². The van der Waals surface area contributed by atoms with E-state index in [9.17, 15) is 9.59 Å². The van der Waals surface area contributed by atoms with Crippen LogP contribution in [0.15, 0.2) is 6.33 Å². The van der Waals surface area contributed by atoms with Crippen molar-refractivity contribution in [1.82, 2.24) is 20.1 Å². The first kappa shape index (κ1) is 14.1. The van der Waals surface area contributed by atoms with E-state index < -0.39 is 5.97 Å². The van der Waals surface area contributed by atoms with Crippen molar-refractivity contribution in [2.24, 2.45) is 13.0 Å². The normalized spacial score (nSPS) is 12.1. The Morgan fingerprint density at radius 3 is 2.78 bits per heavy atom. The molecule has 1 atom stereocenters. The number of nitrogens with one attached hydrogen (secondary N) is 1. The third kappa shape index (κ3) is 5.42. The third-order valence-corrected chi connectivity index (χ3v) is 2.37. The Balaban J connectivity index is 2.19. The molecule has 0 aliphatic carbocycles. The summed E-state index contributed by atoms with van der Waals surface area (Å²) >= 11 is 0. The van der Waals surface area contributed by atoms with Gasteiger partial charge in [-0.15, -0.1) is 0 Å². The Bertz CT molecular complexity index is 416. The molecule has 1 amide bonds. The maximum absolute atomic E-state index is 11.5. The largest absolute Gasteiger partial charge is 0.481 e. The minimum absolute atomic E-state index is 0.00914. The van der Waals surface area contributed by atoms with Gasteiger partial charge in [0.25, 0.3) is 0 Å². The van der Waals surface area contributed by atoms with Crippen molar-refractivity contribution in [2.75, 3.05) is 6.54 Å². The number of aliphatic carboxylic acids is 1. The number of rotatable bonds is 7. The molecule has 1 aromatic rings. The third-order valence-electron chi connectivity index (χ3n) is 2.37. The molecule has 0 aliphatic heterocycles. The van der Waals surface area contributed by atoms with Crippen LogP contribution in [0, 0.1) is 5.92 Å². The first-order chi connectivity index (χ1) is 8.47. The monoisotopic (exact) mass is 254 g/mol. The van der Waals surface area contributed by atoms with Crippen molar-refractivity contribution >= 4 is 11.9 Å². The van der Waals surface area contributed by atoms with E-state index in [-0.39, 0.29) is 24.7 Å². The van der Waals surface area contributed by atoms with Crippen molar-refractivity contribution in [3.63, 3.8) is 0 Å². The van der Waals surface area contributed by atoms with Crippen molar-refractivity contribution in [3.05, 3.63) is 12.2 Å². The topological polar surface area (TPSA) is 97.1 Å². The zero-order valence-corrected chi connectivity index (χ0v) is 10.6. The molecule has 1 unspecified atom stereocenters. The number of amides is 1. The fraction of sp³-hybridized carbons (Fsp3) is 0.636. The summed E-state index contributed by atoms with van der Waals surface area (Å²) in [5.41, 5.74) is 0. The molecule has 0 spiro atoms. The molecule has 7 heteroatoms. The van der Waals surface area contributed by atoms with Crippen LogP contribution < -0.4 is 5.32 Å². The molecule has 18 heavy (non-hydrogen) atoms. The first-order valence-corrected chi connectivity index (χ1v) is 5.80. The lowest BCUT2D eigenvalue weighted by Crippen LogP contribution is -2.27. The van der Waals surface area contributed by atoms with Gasteiger partial charge < -0.3 is 10.4 Å². The molecule has 2 N–H and O–H groups in total. The van der Waals surface area contributed by atoms with Gasteiger partial charge in [-0.2, -0.15) is 5.10 Å². The molecule has 0 radical (unpaired) electrons. The lowest BCUT2D eigenvalue weighted by molar-refractivity contribution is -0.138. The number of carbonyl (C=O) groups excluding carboxylic acids is 1. The zero-order chi connectivity index (χ0) is 13.5. The molecular formula is C11H18N4O3. The van der Waals surface area contributed by atoms with Gasteiger partial charge in [-0.05, 0) is 5.92 Å². The molecule has 0 aromatic carbocycles. The van der Waals surface area contributed by atoms with Gasteiger partial charge in [0.05, 0.1) is 0 Å². The second kappa shape index (κ2) is 6.73. The minimum Gasteiger partial charge on any atom is -0.481 e. The van der Waals surface area contributed by atoms with Crippen LogP contribution in [0.3, 0.4) is 0 Å². The SMILES string of the molecule is CC(CC(=O)O)CC(=O)NCCc1ncn(C)n1. The number of carbonyl (C=O) groups is 2. The molecule has 0 bridgehead atoms. The zero-order valence-electron chi connectivity index (χ0n) is 10.6. The van der Waals surface area contributed by atoms with E-state index in [1.54, 1.807) is 25.0 Å². The minimum atomic E-state index is -0.881. The van der Waals surface area contributed by atoms with Crippen LogP contribution in [0.1, 0.15) is 25.6 Å². The summed E-state index contributed by atoms with van der Waals surface area (Å²) in [6.07, 6.45) is 2.41. The van der Waals surface area contributed by atoms with Crippen LogP contribution in [0.2, 0.25) is 0 Å². The number of aromatic nitrogens is 3. The molecule has 1 heterocycles. The van der Waals surface area contributed by atoms with E-state index >= 15 is 0 Å². The predicted octanol–water partition coefficient (Wildman–Crippen LogP) is -0.0253. The number of carboxylic acid groups (broad SMARTS) is 1. The number of nitrogens with zero attached hydrogens (tertiary/aromatic N) is 3. The quantitative estimate of drug-likeness (QED) is 0.712. The Hall–Kier alpha value is -1.92. The van der Waals surface area contributed by atoms with Crippen LogP contribution in [-0.4, -0.2) is 38.3 Å². The predicted molar refractivity (Wildman–Crippen MR) is 63.8 cm³/mol. The fourth-order valence-electron chi connectivity index (χ4n) is 1.57. The van der Waals surface area contributed by atoms with Crippen LogP contribution in [0.25, 0.3) is 0 Å². The van der Waals surface area contributed by atoms with Gasteiger partial charge in [0.15, 0.2) is 5.82 Å². The van der Waals surface area contributed by atoms with Crippen molar-refractivity contribution in [1.29, 1.82) is 0 Å². The molecule has 1 rings (SSSR count). The Kier molecular flexibility index (Phi) is 5.29. The van der Waals surface area contributed by atoms with Gasteiger partial charge in [0, 0.05) is 32.9 Å². The number of hydrogen-bond acceptors (Lipinski definition) is 4. The second-order valence-corrected chi connectivity index (χ2v) is 4.34. The molecule has 7 nitrogen and oxygen atoms in total.